The van der Waals surface area contributed by atoms with Crippen LogP contribution in [0.25, 0.3) is 0 Å². The molecule has 0 radical (unpaired) electrons. The molecule has 1 N–H and O–H groups in total. The average molecular weight is 290 g/mol. The van der Waals surface area contributed by atoms with Gasteiger partial charge in [0, 0.05) is 17.9 Å². The summed E-state index contributed by atoms with van der Waals surface area (Å²) in [6, 6.07) is 4.94. The Bertz CT molecular complexity index is 631. The molecule has 1 aliphatic carbocycles. The molecule has 4 nitrogen and oxygen atoms in total. The molecule has 2 saturated heterocycles. The van der Waals surface area contributed by atoms with E-state index in [2.05, 4.69) is 5.01 Å². The van der Waals surface area contributed by atoms with E-state index in [-0.39, 0.29) is 41.9 Å². The van der Waals surface area contributed by atoms with E-state index in [1.165, 1.54) is 6.07 Å². The number of halogens is 1. The molecule has 0 bridgehead atoms. The van der Waals surface area contributed by atoms with Crippen LogP contribution in [0.2, 0.25) is 0 Å². The fourth-order valence-electron chi connectivity index (χ4n) is 4.50. The van der Waals surface area contributed by atoms with Crippen molar-refractivity contribution < 1.29 is 14.3 Å². The minimum Gasteiger partial charge on any atom is -0.394 e. The molecule has 4 rings (SSSR count). The van der Waals surface area contributed by atoms with Gasteiger partial charge in [-0.3, -0.25) is 9.80 Å². The highest BCUT2D eigenvalue weighted by Crippen LogP contribution is 2.55. The van der Waals surface area contributed by atoms with Crippen LogP contribution >= 0.6 is 0 Å². The molecule has 0 aromatic heterocycles. The lowest BCUT2D eigenvalue weighted by Gasteiger charge is -2.36. The van der Waals surface area contributed by atoms with Crippen molar-refractivity contribution in [1.82, 2.24) is 10.0 Å². The third-order valence-electron chi connectivity index (χ3n) is 5.27. The molecule has 3 unspecified atom stereocenters. The Hall–Kier alpha value is -1.46. The molecule has 21 heavy (non-hydrogen) atoms. The second kappa shape index (κ2) is 4.05. The van der Waals surface area contributed by atoms with Crippen molar-refractivity contribution in [1.29, 1.82) is 0 Å². The zero-order valence-corrected chi connectivity index (χ0v) is 12.2. The van der Waals surface area contributed by atoms with E-state index in [0.717, 1.165) is 11.1 Å². The highest BCUT2D eigenvalue weighted by atomic mass is 19.1. The summed E-state index contributed by atoms with van der Waals surface area (Å²) in [4.78, 5) is 12.3. The molecule has 2 fully saturated rings. The lowest BCUT2D eigenvalue weighted by molar-refractivity contribution is -0.142. The monoisotopic (exact) mass is 290 g/mol. The summed E-state index contributed by atoms with van der Waals surface area (Å²) in [5.74, 6) is -0.0368. The predicted octanol–water partition coefficient (Wildman–Crippen LogP) is 1.64. The normalized spacial score (nSPS) is 33.2. The first kappa shape index (κ1) is 13.2. The average Bonchev–Trinajstić information content (AvgIpc) is 2.99. The lowest BCUT2D eigenvalue weighted by Crippen LogP contribution is -2.46. The van der Waals surface area contributed by atoms with E-state index in [4.69, 9.17) is 0 Å². The fourth-order valence-corrected chi connectivity index (χ4v) is 4.50. The van der Waals surface area contributed by atoms with Gasteiger partial charge < -0.3 is 5.11 Å². The Kier molecular flexibility index (Phi) is 2.55. The molecule has 0 spiro atoms. The van der Waals surface area contributed by atoms with Crippen molar-refractivity contribution in [2.24, 2.45) is 5.92 Å². The number of hydrogen-bond acceptors (Lipinski definition) is 3. The number of hydrogen-bond donors (Lipinski definition) is 1. The zero-order chi connectivity index (χ0) is 14.9. The summed E-state index contributed by atoms with van der Waals surface area (Å²) in [6.45, 7) is 4.01. The van der Waals surface area contributed by atoms with Crippen molar-refractivity contribution in [2.45, 2.75) is 44.3 Å². The zero-order valence-electron chi connectivity index (χ0n) is 12.2. The van der Waals surface area contributed by atoms with E-state index in [1.807, 2.05) is 19.9 Å². The van der Waals surface area contributed by atoms with E-state index < -0.39 is 0 Å². The number of nitrogens with zero attached hydrogens (tertiary/aromatic N) is 2. The number of carbonyl (C=O) groups excluding carboxylic acids is 1. The second-order valence-corrected chi connectivity index (χ2v) is 6.94. The van der Waals surface area contributed by atoms with Gasteiger partial charge in [0.1, 0.15) is 5.82 Å². The SMILES string of the molecule is CC1(C)CC(=O)N2C(CO)C3Cc4c(F)cccc4C3N21. The molecule has 3 aliphatic rings. The summed E-state index contributed by atoms with van der Waals surface area (Å²) in [5.41, 5.74) is 1.43. The van der Waals surface area contributed by atoms with Gasteiger partial charge in [-0.2, -0.15) is 0 Å². The molecule has 112 valence electrons. The highest BCUT2D eigenvalue weighted by molar-refractivity contribution is 5.80. The van der Waals surface area contributed by atoms with Crippen LogP contribution < -0.4 is 0 Å². The first-order valence-electron chi connectivity index (χ1n) is 7.45. The van der Waals surface area contributed by atoms with Crippen LogP contribution in [0.4, 0.5) is 4.39 Å². The van der Waals surface area contributed by atoms with Gasteiger partial charge in [0.15, 0.2) is 0 Å². The Labute approximate surface area is 123 Å². The van der Waals surface area contributed by atoms with Gasteiger partial charge in [-0.05, 0) is 37.5 Å². The van der Waals surface area contributed by atoms with Crippen LogP contribution in [0.3, 0.4) is 0 Å². The first-order valence-corrected chi connectivity index (χ1v) is 7.45. The van der Waals surface area contributed by atoms with E-state index >= 15 is 0 Å². The summed E-state index contributed by atoms with van der Waals surface area (Å²) >= 11 is 0. The number of fused-ring (bicyclic) bond motifs is 5. The van der Waals surface area contributed by atoms with Crippen LogP contribution in [-0.4, -0.2) is 39.2 Å². The fraction of sp³-hybridized carbons (Fsp3) is 0.562. The van der Waals surface area contributed by atoms with Crippen LogP contribution in [-0.2, 0) is 11.2 Å². The van der Waals surface area contributed by atoms with Gasteiger partial charge >= 0.3 is 0 Å². The number of aliphatic hydroxyl groups is 1. The summed E-state index contributed by atoms with van der Waals surface area (Å²) in [6.07, 6.45) is 1.03. The van der Waals surface area contributed by atoms with Gasteiger partial charge in [-0.25, -0.2) is 9.40 Å². The minimum absolute atomic E-state index is 0.00528. The molecule has 1 aromatic rings. The molecule has 1 amide bonds. The third-order valence-corrected chi connectivity index (χ3v) is 5.27. The lowest BCUT2D eigenvalue weighted by atomic mass is 9.90. The molecule has 1 aromatic carbocycles. The second-order valence-electron chi connectivity index (χ2n) is 6.94. The first-order chi connectivity index (χ1) is 9.95. The quantitative estimate of drug-likeness (QED) is 0.855. The van der Waals surface area contributed by atoms with Crippen molar-refractivity contribution in [3.63, 3.8) is 0 Å². The maximum Gasteiger partial charge on any atom is 0.239 e. The summed E-state index contributed by atoms with van der Waals surface area (Å²) < 4.78 is 14.1. The third kappa shape index (κ3) is 1.53. The number of rotatable bonds is 1. The van der Waals surface area contributed by atoms with Crippen molar-refractivity contribution in [2.75, 3.05) is 6.61 Å². The Balaban J connectivity index is 1.87. The largest absolute Gasteiger partial charge is 0.394 e. The molecular weight excluding hydrogens is 271 g/mol. The van der Waals surface area contributed by atoms with E-state index in [0.29, 0.717) is 12.8 Å². The van der Waals surface area contributed by atoms with Gasteiger partial charge in [-0.15, -0.1) is 0 Å². The molecule has 2 heterocycles. The molecule has 3 atom stereocenters. The Morgan fingerprint density at radius 2 is 2.19 bits per heavy atom. The number of benzene rings is 1. The molecule has 0 saturated carbocycles. The number of amides is 1. The van der Waals surface area contributed by atoms with Gasteiger partial charge in [0.2, 0.25) is 5.91 Å². The maximum absolute atomic E-state index is 14.1. The van der Waals surface area contributed by atoms with Crippen LogP contribution in [0.5, 0.6) is 0 Å². The van der Waals surface area contributed by atoms with Crippen LogP contribution in [0.1, 0.15) is 37.4 Å². The minimum atomic E-state index is -0.294. The highest BCUT2D eigenvalue weighted by Gasteiger charge is 2.61. The standard InChI is InChI=1S/C16H19FN2O2/c1-16(2)7-14(21)18-13(8-20)11-6-10-9(15(11)19(16)18)4-3-5-12(10)17/h3-5,11,13,15,20H,6-8H2,1-2H3. The number of carbonyl (C=O) groups is 1. The summed E-state index contributed by atoms with van der Waals surface area (Å²) in [7, 11) is 0. The van der Waals surface area contributed by atoms with Gasteiger partial charge in [0.25, 0.3) is 0 Å². The van der Waals surface area contributed by atoms with Crippen LogP contribution in [0, 0.1) is 11.7 Å². The Morgan fingerprint density at radius 3 is 2.90 bits per heavy atom. The topological polar surface area (TPSA) is 43.8 Å². The maximum atomic E-state index is 14.1. The smallest absolute Gasteiger partial charge is 0.239 e. The van der Waals surface area contributed by atoms with Crippen molar-refractivity contribution >= 4 is 5.91 Å². The summed E-state index contributed by atoms with van der Waals surface area (Å²) in [5, 5.41) is 13.6. The number of hydrazine groups is 1. The van der Waals surface area contributed by atoms with Crippen LogP contribution in [0.15, 0.2) is 18.2 Å². The van der Waals surface area contributed by atoms with Crippen molar-refractivity contribution in [3.05, 3.63) is 35.1 Å². The van der Waals surface area contributed by atoms with E-state index in [9.17, 15) is 14.3 Å². The molecule has 2 aliphatic heterocycles. The van der Waals surface area contributed by atoms with Crippen molar-refractivity contribution in [3.8, 4) is 0 Å². The Morgan fingerprint density at radius 1 is 1.43 bits per heavy atom. The van der Waals surface area contributed by atoms with Gasteiger partial charge in [0.05, 0.1) is 18.7 Å². The number of aliphatic hydroxyl groups excluding tert-OH is 1. The molecule has 5 heteroatoms. The van der Waals surface area contributed by atoms with Gasteiger partial charge in [-0.1, -0.05) is 12.1 Å². The molecular formula is C16H19FN2O2. The van der Waals surface area contributed by atoms with E-state index in [1.54, 1.807) is 11.1 Å². The predicted molar refractivity (Wildman–Crippen MR) is 74.6 cm³/mol.